The highest BCUT2D eigenvalue weighted by Crippen LogP contribution is 2.15. The number of carbonyl (C=O) groups is 2. The lowest BCUT2D eigenvalue weighted by Gasteiger charge is -2.14. The minimum absolute atomic E-state index is 0.0654. The molecule has 0 aliphatic heterocycles. The number of hydrogen-bond acceptors (Lipinski definition) is 6. The molecule has 2 rings (SSSR count). The maximum atomic E-state index is 12.2. The Kier molecular flexibility index (Phi) is 14.6. The second kappa shape index (κ2) is 16.2. The van der Waals surface area contributed by atoms with E-state index in [1.165, 1.54) is 33.7 Å². The van der Waals surface area contributed by atoms with Gasteiger partial charge < -0.3 is 28.8 Å². The molecule has 0 atom stereocenters. The van der Waals surface area contributed by atoms with Gasteiger partial charge in [0.25, 0.3) is 11.1 Å². The highest BCUT2D eigenvalue weighted by Gasteiger charge is 2.18. The topological polar surface area (TPSA) is 137 Å². The van der Waals surface area contributed by atoms with Crippen molar-refractivity contribution in [3.8, 4) is 11.5 Å². The summed E-state index contributed by atoms with van der Waals surface area (Å²) in [6.07, 6.45) is 2.96. The largest absolute Gasteiger partial charge is 0.487 e. The minimum atomic E-state index is -1.15. The molecule has 36 heavy (non-hydrogen) atoms. The van der Waals surface area contributed by atoms with Gasteiger partial charge in [0.2, 0.25) is 0 Å². The van der Waals surface area contributed by atoms with Crippen LogP contribution in [0, 0.1) is 11.8 Å². The third kappa shape index (κ3) is 9.59. The van der Waals surface area contributed by atoms with Crippen LogP contribution >= 0.6 is 0 Å². The van der Waals surface area contributed by atoms with Crippen molar-refractivity contribution in [2.75, 3.05) is 13.2 Å². The van der Waals surface area contributed by atoms with E-state index >= 15 is 0 Å². The van der Waals surface area contributed by atoms with E-state index in [1.807, 2.05) is 41.5 Å². The fourth-order valence-electron chi connectivity index (χ4n) is 2.90. The molecule has 0 saturated carbocycles. The molecular weight excluding hydrogens is 468 g/mol. The number of aryl methyl sites for hydroxylation is 1. The van der Waals surface area contributed by atoms with Crippen LogP contribution in [0.25, 0.3) is 0 Å². The number of carboxylic acids is 2. The fourth-order valence-corrected chi connectivity index (χ4v) is 2.90. The Morgan fingerprint density at radius 2 is 1.25 bits per heavy atom. The van der Waals surface area contributed by atoms with Crippen LogP contribution < -0.4 is 20.6 Å². The van der Waals surface area contributed by atoms with Gasteiger partial charge in [0, 0.05) is 25.5 Å². The van der Waals surface area contributed by atoms with Crippen LogP contribution in [0.1, 0.15) is 76.1 Å². The van der Waals surface area contributed by atoms with Crippen LogP contribution in [0.4, 0.5) is 0 Å². The Morgan fingerprint density at radius 3 is 1.64 bits per heavy atom. The smallest absolute Gasteiger partial charge is 0.339 e. The summed E-state index contributed by atoms with van der Waals surface area (Å²) in [6.45, 7) is 17.0. The van der Waals surface area contributed by atoms with Gasteiger partial charge in [0.05, 0.1) is 13.2 Å². The van der Waals surface area contributed by atoms with Gasteiger partial charge >= 0.3 is 11.9 Å². The third-order valence-electron chi connectivity index (χ3n) is 4.45. The molecule has 2 aromatic rings. The van der Waals surface area contributed by atoms with E-state index in [0.717, 1.165) is 0 Å². The zero-order valence-corrected chi connectivity index (χ0v) is 22.5. The van der Waals surface area contributed by atoms with Gasteiger partial charge in [0.15, 0.2) is 11.5 Å². The van der Waals surface area contributed by atoms with Crippen LogP contribution in [0.2, 0.25) is 0 Å². The van der Waals surface area contributed by atoms with Gasteiger partial charge in [-0.3, -0.25) is 9.59 Å². The first kappa shape index (κ1) is 32.4. The summed E-state index contributed by atoms with van der Waals surface area (Å²) in [6, 6.07) is 2.79. The Bertz CT molecular complexity index is 1100. The molecule has 0 unspecified atom stereocenters. The van der Waals surface area contributed by atoms with Gasteiger partial charge in [-0.05, 0) is 37.8 Å². The lowest BCUT2D eigenvalue weighted by molar-refractivity contribution is 0.0680. The number of rotatable bonds is 10. The Hall–Kier alpha value is -3.56. The zero-order chi connectivity index (χ0) is 28.0. The number of aromatic nitrogens is 2. The van der Waals surface area contributed by atoms with Crippen molar-refractivity contribution in [2.45, 2.75) is 68.5 Å². The standard InChI is InChI=1S/C14H21NO4.C10H13NO4.C2H6/c1-9(2)7-15-6-5-11(14(17)18)12(13(15)16)19-8-10(3)4;1-3-11-6-5-7(10(13)14)8(9(11)12)15-4-2;1-2/h5-6,9-10H,7-8H2,1-4H3,(H,17,18);5-6H,3-4H2,1-2H3,(H,13,14);1-2H3. The minimum Gasteiger partial charge on any atom is -0.487 e. The van der Waals surface area contributed by atoms with Crippen molar-refractivity contribution in [3.63, 3.8) is 0 Å². The fraction of sp³-hybridized carbons (Fsp3) is 0.538. The van der Waals surface area contributed by atoms with Crippen molar-refractivity contribution in [2.24, 2.45) is 11.8 Å². The number of pyridine rings is 2. The maximum Gasteiger partial charge on any atom is 0.339 e. The number of ether oxygens (including phenoxy) is 2. The van der Waals surface area contributed by atoms with Gasteiger partial charge in [-0.15, -0.1) is 0 Å². The number of aromatic carboxylic acids is 2. The molecular formula is C26H40N2O8. The van der Waals surface area contributed by atoms with Crippen LogP contribution in [0.15, 0.2) is 34.1 Å². The Morgan fingerprint density at radius 1 is 0.806 bits per heavy atom. The molecule has 0 fully saturated rings. The molecule has 0 saturated heterocycles. The molecule has 202 valence electrons. The molecule has 0 aromatic carbocycles. The normalized spacial score (nSPS) is 10.2. The summed E-state index contributed by atoms with van der Waals surface area (Å²) in [4.78, 5) is 45.9. The summed E-state index contributed by atoms with van der Waals surface area (Å²) in [5, 5.41) is 18.0. The Balaban J connectivity index is 0.000000651. The predicted molar refractivity (Wildman–Crippen MR) is 139 cm³/mol. The van der Waals surface area contributed by atoms with E-state index < -0.39 is 17.5 Å². The van der Waals surface area contributed by atoms with Crippen molar-refractivity contribution in [1.29, 1.82) is 0 Å². The summed E-state index contributed by atoms with van der Waals surface area (Å²) < 4.78 is 13.3. The molecule has 2 N–H and O–H groups in total. The van der Waals surface area contributed by atoms with Crippen molar-refractivity contribution in [1.82, 2.24) is 9.13 Å². The first-order valence-corrected chi connectivity index (χ1v) is 12.1. The van der Waals surface area contributed by atoms with E-state index in [9.17, 15) is 19.2 Å². The molecule has 10 heteroatoms. The molecule has 2 aromatic heterocycles. The third-order valence-corrected chi connectivity index (χ3v) is 4.45. The Labute approximate surface area is 212 Å². The SMILES string of the molecule is CC.CC(C)COc1c(C(=O)O)ccn(CC(C)C)c1=O.CCOc1c(C(=O)O)ccn(CC)c1=O. The number of hydrogen-bond donors (Lipinski definition) is 2. The summed E-state index contributed by atoms with van der Waals surface area (Å²) in [5.74, 6) is -1.93. The average molecular weight is 509 g/mol. The second-order valence-corrected chi connectivity index (χ2v) is 8.31. The van der Waals surface area contributed by atoms with Gasteiger partial charge in [0.1, 0.15) is 11.1 Å². The maximum absolute atomic E-state index is 12.2. The predicted octanol–water partition coefficient (Wildman–Crippen LogP) is 4.23. The molecule has 0 bridgehead atoms. The molecule has 0 aliphatic rings. The highest BCUT2D eigenvalue weighted by molar-refractivity contribution is 5.91. The van der Waals surface area contributed by atoms with E-state index in [1.54, 1.807) is 13.8 Å². The van der Waals surface area contributed by atoms with Crippen LogP contribution in [-0.4, -0.2) is 44.5 Å². The monoisotopic (exact) mass is 508 g/mol. The zero-order valence-electron chi connectivity index (χ0n) is 22.5. The van der Waals surface area contributed by atoms with Gasteiger partial charge in [-0.2, -0.15) is 0 Å². The first-order chi connectivity index (χ1) is 16.9. The van der Waals surface area contributed by atoms with E-state index in [0.29, 0.717) is 25.6 Å². The molecule has 10 nitrogen and oxygen atoms in total. The molecule has 0 aliphatic carbocycles. The number of carboxylic acid groups (broad SMARTS) is 2. The molecule has 0 radical (unpaired) electrons. The summed E-state index contributed by atoms with van der Waals surface area (Å²) >= 11 is 0. The highest BCUT2D eigenvalue weighted by atomic mass is 16.5. The number of nitrogens with zero attached hydrogens (tertiary/aromatic N) is 2. The van der Waals surface area contributed by atoms with E-state index in [4.69, 9.17) is 19.7 Å². The van der Waals surface area contributed by atoms with E-state index in [2.05, 4.69) is 0 Å². The quantitative estimate of drug-likeness (QED) is 0.486. The van der Waals surface area contributed by atoms with Crippen LogP contribution in [0.5, 0.6) is 11.5 Å². The second-order valence-electron chi connectivity index (χ2n) is 8.31. The van der Waals surface area contributed by atoms with Gasteiger partial charge in [-0.1, -0.05) is 41.5 Å². The lowest BCUT2D eigenvalue weighted by Crippen LogP contribution is -2.26. The molecule has 0 amide bonds. The molecule has 2 heterocycles. The molecule has 0 spiro atoms. The van der Waals surface area contributed by atoms with Crippen LogP contribution in [-0.2, 0) is 13.1 Å². The lowest BCUT2D eigenvalue weighted by atomic mass is 10.2. The first-order valence-electron chi connectivity index (χ1n) is 12.1. The van der Waals surface area contributed by atoms with Crippen LogP contribution in [0.3, 0.4) is 0 Å². The average Bonchev–Trinajstić information content (AvgIpc) is 2.81. The summed E-state index contributed by atoms with van der Waals surface area (Å²) in [5.41, 5.74) is -0.953. The summed E-state index contributed by atoms with van der Waals surface area (Å²) in [7, 11) is 0. The van der Waals surface area contributed by atoms with Crippen molar-refractivity contribution < 1.29 is 29.3 Å². The van der Waals surface area contributed by atoms with E-state index in [-0.39, 0.29) is 40.7 Å². The van der Waals surface area contributed by atoms with Gasteiger partial charge in [-0.25, -0.2) is 9.59 Å². The van der Waals surface area contributed by atoms with Crippen molar-refractivity contribution in [3.05, 3.63) is 56.4 Å². The van der Waals surface area contributed by atoms with Crippen molar-refractivity contribution >= 4 is 11.9 Å².